The van der Waals surface area contributed by atoms with E-state index in [1.165, 1.54) is 12.1 Å². The van der Waals surface area contributed by atoms with Crippen LogP contribution in [0.5, 0.6) is 0 Å². The van der Waals surface area contributed by atoms with Gasteiger partial charge in [-0.15, -0.1) is 0 Å². The summed E-state index contributed by atoms with van der Waals surface area (Å²) in [6.07, 6.45) is 0. The molecule has 1 atom stereocenters. The zero-order chi connectivity index (χ0) is 13.4. The third-order valence-electron chi connectivity index (χ3n) is 3.16. The van der Waals surface area contributed by atoms with E-state index in [4.69, 9.17) is 0 Å². The summed E-state index contributed by atoms with van der Waals surface area (Å²) in [5.74, 6) is -2.07. The maximum atomic E-state index is 13.1. The second-order valence-corrected chi connectivity index (χ2v) is 4.39. The van der Waals surface area contributed by atoms with Gasteiger partial charge in [0.2, 0.25) is 5.91 Å². The van der Waals surface area contributed by atoms with Gasteiger partial charge in [0, 0.05) is 5.56 Å². The first-order valence-corrected chi connectivity index (χ1v) is 5.86. The number of carbonyl (C=O) groups is 2. The van der Waals surface area contributed by atoms with Crippen LogP contribution in [0.1, 0.15) is 21.8 Å². The average Bonchev–Trinajstić information content (AvgIpc) is 2.39. The molecule has 1 aliphatic rings. The van der Waals surface area contributed by atoms with Crippen molar-refractivity contribution in [3.63, 3.8) is 0 Å². The number of Topliss-reactive ketones (excluding diaryl/α,β-unsaturated/α-hetero) is 1. The Morgan fingerprint density at radius 1 is 1.00 bits per heavy atom. The fourth-order valence-corrected chi connectivity index (χ4v) is 2.26. The molecule has 1 heterocycles. The van der Waals surface area contributed by atoms with E-state index >= 15 is 0 Å². The minimum Gasteiger partial charge on any atom is -0.324 e. The maximum Gasteiger partial charge on any atom is 0.239 e. The largest absolute Gasteiger partial charge is 0.324 e. The average molecular weight is 255 g/mol. The maximum absolute atomic E-state index is 13.1. The molecule has 2 aromatic rings. The Balaban J connectivity index is 2.09. The minimum atomic E-state index is -0.862. The van der Waals surface area contributed by atoms with Crippen LogP contribution in [0.15, 0.2) is 48.5 Å². The Bertz CT molecular complexity index is 667. The van der Waals surface area contributed by atoms with Crippen LogP contribution >= 0.6 is 0 Å². The molecule has 94 valence electrons. The Morgan fingerprint density at radius 2 is 1.74 bits per heavy atom. The van der Waals surface area contributed by atoms with Crippen molar-refractivity contribution in [2.75, 3.05) is 5.32 Å². The fourth-order valence-electron chi connectivity index (χ4n) is 2.26. The fraction of sp³-hybridized carbons (Fsp3) is 0.0667. The number of halogens is 1. The van der Waals surface area contributed by atoms with Crippen LogP contribution in [0.4, 0.5) is 10.1 Å². The Kier molecular flexibility index (Phi) is 2.63. The van der Waals surface area contributed by atoms with Crippen LogP contribution < -0.4 is 5.32 Å². The Morgan fingerprint density at radius 3 is 2.47 bits per heavy atom. The molecular formula is C15H10FNO2. The van der Waals surface area contributed by atoms with E-state index in [1.807, 2.05) is 6.07 Å². The lowest BCUT2D eigenvalue weighted by Gasteiger charge is -2.23. The normalized spacial score (nSPS) is 17.8. The van der Waals surface area contributed by atoms with E-state index in [2.05, 4.69) is 5.32 Å². The molecule has 0 unspecified atom stereocenters. The van der Waals surface area contributed by atoms with Gasteiger partial charge in [0.1, 0.15) is 11.7 Å². The molecule has 3 nitrogen and oxygen atoms in total. The first-order chi connectivity index (χ1) is 9.16. The van der Waals surface area contributed by atoms with Crippen molar-refractivity contribution < 1.29 is 14.0 Å². The number of amides is 1. The zero-order valence-electron chi connectivity index (χ0n) is 9.89. The van der Waals surface area contributed by atoms with Crippen molar-refractivity contribution in [3.05, 3.63) is 65.5 Å². The van der Waals surface area contributed by atoms with Gasteiger partial charge in [-0.1, -0.05) is 30.3 Å². The van der Waals surface area contributed by atoms with E-state index in [-0.39, 0.29) is 11.5 Å². The number of nitrogens with one attached hydrogen (secondary N) is 1. The van der Waals surface area contributed by atoms with E-state index in [0.717, 1.165) is 6.07 Å². The number of ketones is 1. The quantitative estimate of drug-likeness (QED) is 0.796. The van der Waals surface area contributed by atoms with E-state index in [0.29, 0.717) is 11.1 Å². The summed E-state index contributed by atoms with van der Waals surface area (Å²) in [6.45, 7) is 0. The van der Waals surface area contributed by atoms with Crippen molar-refractivity contribution in [2.45, 2.75) is 5.92 Å². The lowest BCUT2D eigenvalue weighted by atomic mass is 9.86. The lowest BCUT2D eigenvalue weighted by Crippen LogP contribution is -2.33. The predicted molar refractivity (Wildman–Crippen MR) is 68.5 cm³/mol. The number of benzene rings is 2. The molecule has 0 fully saturated rings. The summed E-state index contributed by atoms with van der Waals surface area (Å²) in [4.78, 5) is 24.4. The van der Waals surface area contributed by atoms with E-state index < -0.39 is 17.6 Å². The van der Waals surface area contributed by atoms with Crippen LogP contribution in [0.25, 0.3) is 0 Å². The molecule has 0 aromatic heterocycles. The molecule has 1 amide bonds. The molecule has 2 aromatic carbocycles. The van der Waals surface area contributed by atoms with Gasteiger partial charge in [-0.25, -0.2) is 4.39 Å². The van der Waals surface area contributed by atoms with Gasteiger partial charge in [0.05, 0.1) is 5.69 Å². The van der Waals surface area contributed by atoms with Crippen LogP contribution in [0.3, 0.4) is 0 Å². The molecule has 0 spiro atoms. The molecule has 0 saturated carbocycles. The summed E-state index contributed by atoms with van der Waals surface area (Å²) in [6, 6.07) is 12.6. The number of hydrogen-bond acceptors (Lipinski definition) is 2. The highest BCUT2D eigenvalue weighted by molar-refractivity contribution is 6.24. The molecule has 1 aliphatic heterocycles. The van der Waals surface area contributed by atoms with Crippen molar-refractivity contribution in [1.29, 1.82) is 0 Å². The molecule has 4 heteroatoms. The molecule has 0 aliphatic carbocycles. The summed E-state index contributed by atoms with van der Waals surface area (Å²) >= 11 is 0. The Hall–Kier alpha value is -2.49. The third-order valence-corrected chi connectivity index (χ3v) is 3.16. The smallest absolute Gasteiger partial charge is 0.239 e. The summed E-state index contributed by atoms with van der Waals surface area (Å²) < 4.78 is 13.1. The molecule has 1 N–H and O–H groups in total. The van der Waals surface area contributed by atoms with Crippen molar-refractivity contribution >= 4 is 17.4 Å². The lowest BCUT2D eigenvalue weighted by molar-refractivity contribution is -0.116. The van der Waals surface area contributed by atoms with Gasteiger partial charge in [0.15, 0.2) is 5.78 Å². The monoisotopic (exact) mass is 255 g/mol. The highest BCUT2D eigenvalue weighted by Crippen LogP contribution is 2.31. The van der Waals surface area contributed by atoms with Gasteiger partial charge in [-0.3, -0.25) is 9.59 Å². The summed E-state index contributed by atoms with van der Waals surface area (Å²) in [5.41, 5.74) is 1.22. The van der Waals surface area contributed by atoms with Crippen LogP contribution in [-0.4, -0.2) is 11.7 Å². The first kappa shape index (κ1) is 11.6. The molecule has 19 heavy (non-hydrogen) atoms. The molecule has 0 radical (unpaired) electrons. The predicted octanol–water partition coefficient (Wildman–Crippen LogP) is 2.74. The van der Waals surface area contributed by atoms with E-state index in [9.17, 15) is 14.0 Å². The van der Waals surface area contributed by atoms with Crippen molar-refractivity contribution in [1.82, 2.24) is 0 Å². The van der Waals surface area contributed by atoms with Crippen molar-refractivity contribution in [3.8, 4) is 0 Å². The zero-order valence-corrected chi connectivity index (χ0v) is 9.89. The molecule has 3 rings (SSSR count). The van der Waals surface area contributed by atoms with Crippen LogP contribution in [-0.2, 0) is 4.79 Å². The highest BCUT2D eigenvalue weighted by Gasteiger charge is 2.35. The second kappa shape index (κ2) is 4.31. The van der Waals surface area contributed by atoms with Gasteiger partial charge in [0.25, 0.3) is 0 Å². The summed E-state index contributed by atoms with van der Waals surface area (Å²) in [5, 5.41) is 2.58. The molecule has 0 bridgehead atoms. The molecular weight excluding hydrogens is 245 g/mol. The number of rotatable bonds is 1. The number of hydrogen-bond donors (Lipinski definition) is 1. The second-order valence-electron chi connectivity index (χ2n) is 4.39. The van der Waals surface area contributed by atoms with Crippen LogP contribution in [0, 0.1) is 5.82 Å². The van der Waals surface area contributed by atoms with Gasteiger partial charge >= 0.3 is 0 Å². The number of carbonyl (C=O) groups excluding carboxylic acids is 2. The van der Waals surface area contributed by atoms with Gasteiger partial charge < -0.3 is 5.32 Å². The topological polar surface area (TPSA) is 46.2 Å². The minimum absolute atomic E-state index is 0.238. The summed E-state index contributed by atoms with van der Waals surface area (Å²) in [7, 11) is 0. The standard InChI is InChI=1S/C15H10FNO2/c16-10-6-7-11-12(8-10)17-15(19)13(14(11)18)9-4-2-1-3-5-9/h1-8,13H,(H,17,19)/t13-/m0/s1. The Labute approximate surface area is 109 Å². The SMILES string of the molecule is O=C1Nc2cc(F)ccc2C(=O)[C@@H]1c1ccccc1. The van der Waals surface area contributed by atoms with Gasteiger partial charge in [-0.2, -0.15) is 0 Å². The third kappa shape index (κ3) is 1.91. The van der Waals surface area contributed by atoms with Crippen LogP contribution in [0.2, 0.25) is 0 Å². The van der Waals surface area contributed by atoms with Gasteiger partial charge in [-0.05, 0) is 23.8 Å². The number of fused-ring (bicyclic) bond motifs is 1. The number of anilines is 1. The highest BCUT2D eigenvalue weighted by atomic mass is 19.1. The van der Waals surface area contributed by atoms with E-state index in [1.54, 1.807) is 24.3 Å². The molecule has 0 saturated heterocycles. The first-order valence-electron chi connectivity index (χ1n) is 5.86. The van der Waals surface area contributed by atoms with Crippen molar-refractivity contribution in [2.24, 2.45) is 0 Å².